The van der Waals surface area contributed by atoms with Gasteiger partial charge >= 0.3 is 0 Å². The predicted molar refractivity (Wildman–Crippen MR) is 101 cm³/mol. The number of nitrogens with zero attached hydrogens (tertiary/aromatic N) is 4. The van der Waals surface area contributed by atoms with Crippen molar-refractivity contribution in [2.45, 2.75) is 6.54 Å². The van der Waals surface area contributed by atoms with Crippen molar-refractivity contribution in [2.75, 3.05) is 45.2 Å². The number of hydrogen-bond acceptors (Lipinski definition) is 4. The average Bonchev–Trinajstić information content (AvgIpc) is 2.61. The monoisotopic (exact) mass is 358 g/mol. The zero-order valence-corrected chi connectivity index (χ0v) is 15.4. The van der Waals surface area contributed by atoms with Crippen molar-refractivity contribution in [1.82, 2.24) is 14.8 Å². The second-order valence-electron chi connectivity index (χ2n) is 6.55. The first-order valence-corrected chi connectivity index (χ1v) is 8.80. The van der Waals surface area contributed by atoms with Gasteiger partial charge in [-0.25, -0.2) is 4.98 Å². The summed E-state index contributed by atoms with van der Waals surface area (Å²) in [6.07, 6.45) is 1.57. The summed E-state index contributed by atoms with van der Waals surface area (Å²) in [5, 5.41) is 0.349. The average molecular weight is 359 g/mol. The van der Waals surface area contributed by atoms with Crippen LogP contribution in [0.2, 0.25) is 5.15 Å². The summed E-state index contributed by atoms with van der Waals surface area (Å²) in [5.41, 5.74) is 3.12. The normalized spacial score (nSPS) is 14.9. The zero-order chi connectivity index (χ0) is 17.8. The molecule has 0 unspecified atom stereocenters. The van der Waals surface area contributed by atoms with E-state index in [4.69, 9.17) is 11.6 Å². The molecule has 1 amide bonds. The summed E-state index contributed by atoms with van der Waals surface area (Å²) in [6.45, 7) is 3.99. The Bertz CT molecular complexity index is 742. The third kappa shape index (κ3) is 4.50. The van der Waals surface area contributed by atoms with Gasteiger partial charge in [0.05, 0.1) is 0 Å². The molecule has 5 nitrogen and oxygen atoms in total. The highest BCUT2D eigenvalue weighted by molar-refractivity contribution is 6.29. The van der Waals surface area contributed by atoms with E-state index in [1.54, 1.807) is 18.3 Å². The minimum Gasteiger partial charge on any atom is -0.368 e. The number of anilines is 1. The third-order valence-corrected chi connectivity index (χ3v) is 4.52. The number of piperazine rings is 1. The lowest BCUT2D eigenvalue weighted by Crippen LogP contribution is -2.48. The van der Waals surface area contributed by atoms with Crippen LogP contribution in [-0.4, -0.2) is 61.0 Å². The fourth-order valence-corrected chi connectivity index (χ4v) is 3.28. The first kappa shape index (κ1) is 17.7. The van der Waals surface area contributed by atoms with Crippen molar-refractivity contribution in [1.29, 1.82) is 0 Å². The third-order valence-electron chi connectivity index (χ3n) is 4.31. The SMILES string of the molecule is CN(C)Cc1cccc(N2CCN(C(=O)c3ccnc(Cl)c3)CC2)c1. The Kier molecular flexibility index (Phi) is 5.56. The zero-order valence-electron chi connectivity index (χ0n) is 14.7. The number of carbonyl (C=O) groups is 1. The van der Waals surface area contributed by atoms with Gasteiger partial charge in [-0.3, -0.25) is 4.79 Å². The van der Waals surface area contributed by atoms with Gasteiger partial charge in [-0.2, -0.15) is 0 Å². The van der Waals surface area contributed by atoms with E-state index in [0.717, 1.165) is 19.6 Å². The van der Waals surface area contributed by atoms with Gasteiger partial charge in [-0.05, 0) is 43.9 Å². The molecule has 0 atom stereocenters. The molecule has 2 aromatic rings. The van der Waals surface area contributed by atoms with Crippen LogP contribution in [-0.2, 0) is 6.54 Å². The van der Waals surface area contributed by atoms with Gasteiger partial charge < -0.3 is 14.7 Å². The molecule has 0 aliphatic carbocycles. The van der Waals surface area contributed by atoms with Crippen molar-refractivity contribution < 1.29 is 4.79 Å². The van der Waals surface area contributed by atoms with Crippen LogP contribution in [0.1, 0.15) is 15.9 Å². The van der Waals surface area contributed by atoms with Crippen LogP contribution in [0.5, 0.6) is 0 Å². The summed E-state index contributed by atoms with van der Waals surface area (Å²) in [7, 11) is 4.14. The molecular weight excluding hydrogens is 336 g/mol. The van der Waals surface area contributed by atoms with Gasteiger partial charge in [0.15, 0.2) is 0 Å². The lowest BCUT2D eigenvalue weighted by molar-refractivity contribution is 0.0746. The van der Waals surface area contributed by atoms with Gasteiger partial charge in [-0.15, -0.1) is 0 Å². The Morgan fingerprint density at radius 3 is 2.60 bits per heavy atom. The minimum atomic E-state index is 0.0188. The largest absolute Gasteiger partial charge is 0.368 e. The maximum Gasteiger partial charge on any atom is 0.254 e. The lowest BCUT2D eigenvalue weighted by atomic mass is 10.1. The fourth-order valence-electron chi connectivity index (χ4n) is 3.10. The van der Waals surface area contributed by atoms with Crippen LogP contribution >= 0.6 is 11.6 Å². The van der Waals surface area contributed by atoms with E-state index < -0.39 is 0 Å². The van der Waals surface area contributed by atoms with Crippen LogP contribution < -0.4 is 4.90 Å². The van der Waals surface area contributed by atoms with E-state index in [2.05, 4.69) is 53.1 Å². The van der Waals surface area contributed by atoms with Crippen LogP contribution in [0.4, 0.5) is 5.69 Å². The Labute approximate surface area is 153 Å². The summed E-state index contributed by atoms with van der Waals surface area (Å²) in [4.78, 5) is 22.9. The molecule has 1 fully saturated rings. The molecule has 0 saturated carbocycles. The van der Waals surface area contributed by atoms with Crippen LogP contribution in [0.3, 0.4) is 0 Å². The minimum absolute atomic E-state index is 0.0188. The molecule has 2 heterocycles. The molecule has 0 radical (unpaired) electrons. The lowest BCUT2D eigenvalue weighted by Gasteiger charge is -2.36. The van der Waals surface area contributed by atoms with E-state index in [9.17, 15) is 4.79 Å². The maximum absolute atomic E-state index is 12.6. The smallest absolute Gasteiger partial charge is 0.254 e. The van der Waals surface area contributed by atoms with Crippen molar-refractivity contribution in [2.24, 2.45) is 0 Å². The molecule has 1 aliphatic heterocycles. The number of benzene rings is 1. The fraction of sp³-hybridized carbons (Fsp3) is 0.368. The molecule has 0 N–H and O–H groups in total. The maximum atomic E-state index is 12.6. The molecule has 25 heavy (non-hydrogen) atoms. The number of halogens is 1. The number of aromatic nitrogens is 1. The summed E-state index contributed by atoms with van der Waals surface area (Å²) in [5.74, 6) is 0.0188. The van der Waals surface area contributed by atoms with E-state index in [0.29, 0.717) is 23.8 Å². The van der Waals surface area contributed by atoms with Crippen molar-refractivity contribution in [3.05, 3.63) is 58.9 Å². The topological polar surface area (TPSA) is 39.7 Å². The van der Waals surface area contributed by atoms with Crippen molar-refractivity contribution in [3.63, 3.8) is 0 Å². The molecule has 0 spiro atoms. The van der Waals surface area contributed by atoms with Gasteiger partial charge in [0, 0.05) is 50.2 Å². The molecule has 0 bridgehead atoms. The molecule has 1 saturated heterocycles. The first-order valence-electron chi connectivity index (χ1n) is 8.42. The quantitative estimate of drug-likeness (QED) is 0.788. The molecule has 3 rings (SSSR count). The predicted octanol–water partition coefficient (Wildman–Crippen LogP) is 2.76. The highest BCUT2D eigenvalue weighted by Crippen LogP contribution is 2.20. The number of carbonyl (C=O) groups excluding carboxylic acids is 1. The summed E-state index contributed by atoms with van der Waals surface area (Å²) >= 11 is 5.89. The number of amides is 1. The molecule has 132 valence electrons. The highest BCUT2D eigenvalue weighted by atomic mass is 35.5. The Morgan fingerprint density at radius 1 is 1.16 bits per heavy atom. The van der Waals surface area contributed by atoms with Crippen molar-refractivity contribution in [3.8, 4) is 0 Å². The molecule has 1 aromatic carbocycles. The second kappa shape index (κ2) is 7.85. The van der Waals surface area contributed by atoms with Crippen molar-refractivity contribution >= 4 is 23.2 Å². The molecular formula is C19H23ClN4O. The number of hydrogen-bond donors (Lipinski definition) is 0. The summed E-state index contributed by atoms with van der Waals surface area (Å²) < 4.78 is 0. The van der Waals surface area contributed by atoms with Crippen LogP contribution in [0.15, 0.2) is 42.6 Å². The van der Waals surface area contributed by atoms with E-state index in [-0.39, 0.29) is 5.91 Å². The van der Waals surface area contributed by atoms with E-state index in [1.165, 1.54) is 11.3 Å². The first-order chi connectivity index (χ1) is 12.0. The number of pyridine rings is 1. The Balaban J connectivity index is 1.63. The van der Waals surface area contributed by atoms with Crippen LogP contribution in [0, 0.1) is 0 Å². The Hall–Kier alpha value is -2.11. The standard InChI is InChI=1S/C19H23ClN4O/c1-22(2)14-15-4-3-5-17(12-15)23-8-10-24(11-9-23)19(25)16-6-7-21-18(20)13-16/h3-7,12-13H,8-11,14H2,1-2H3. The van der Waals surface area contributed by atoms with Crippen LogP contribution in [0.25, 0.3) is 0 Å². The van der Waals surface area contributed by atoms with Gasteiger partial charge in [0.25, 0.3) is 5.91 Å². The molecule has 6 heteroatoms. The Morgan fingerprint density at radius 2 is 1.92 bits per heavy atom. The van der Waals surface area contributed by atoms with Gasteiger partial charge in [0.2, 0.25) is 0 Å². The highest BCUT2D eigenvalue weighted by Gasteiger charge is 2.22. The van der Waals surface area contributed by atoms with E-state index >= 15 is 0 Å². The number of rotatable bonds is 4. The second-order valence-corrected chi connectivity index (χ2v) is 6.94. The molecule has 1 aromatic heterocycles. The molecule has 1 aliphatic rings. The van der Waals surface area contributed by atoms with Gasteiger partial charge in [0.1, 0.15) is 5.15 Å². The summed E-state index contributed by atoms with van der Waals surface area (Å²) in [6, 6.07) is 12.0. The van der Waals surface area contributed by atoms with Gasteiger partial charge in [-0.1, -0.05) is 23.7 Å². The van der Waals surface area contributed by atoms with E-state index in [1.807, 2.05) is 4.90 Å².